The highest BCUT2D eigenvalue weighted by Gasteiger charge is 2.03. The van der Waals surface area contributed by atoms with Crippen LogP contribution in [0, 0.1) is 0 Å². The normalized spacial score (nSPS) is 9.50. The van der Waals surface area contributed by atoms with Crippen molar-refractivity contribution in [3.8, 4) is 0 Å². The minimum Gasteiger partial charge on any atom is -0.447 e. The van der Waals surface area contributed by atoms with E-state index < -0.39 is 0 Å². The number of hydrogen-bond acceptors (Lipinski definition) is 2. The Morgan fingerprint density at radius 2 is 1.80 bits per heavy atom. The topological polar surface area (TPSA) is 20.2 Å². The van der Waals surface area contributed by atoms with E-state index >= 15 is 0 Å². The quantitative estimate of drug-likeness (QED) is 0.450. The summed E-state index contributed by atoms with van der Waals surface area (Å²) in [5, 5.41) is 9.09. The molecular formula is C7H9BOS. The molecule has 1 aromatic carbocycles. The van der Waals surface area contributed by atoms with E-state index in [0.29, 0.717) is 0 Å². The first-order chi connectivity index (χ1) is 4.70. The molecule has 0 unspecified atom stereocenters. The van der Waals surface area contributed by atoms with Crippen LogP contribution in [0.15, 0.2) is 29.2 Å². The lowest BCUT2D eigenvalue weighted by molar-refractivity contribution is 0.594. The molecule has 0 aromatic heterocycles. The van der Waals surface area contributed by atoms with Gasteiger partial charge in [-0.05, 0) is 17.6 Å². The average molecular weight is 152 g/mol. The minimum absolute atomic E-state index is 0.381. The van der Waals surface area contributed by atoms with Crippen LogP contribution in [-0.2, 0) is 0 Å². The molecule has 52 valence electrons. The molecule has 0 bridgehead atoms. The number of rotatable bonds is 1. The Labute approximate surface area is 66.6 Å². The molecular weight excluding hydrogens is 143 g/mol. The Morgan fingerprint density at radius 1 is 1.30 bits per heavy atom. The first-order valence-electron chi connectivity index (χ1n) is 3.17. The lowest BCUT2D eigenvalue weighted by Crippen LogP contribution is -2.25. The summed E-state index contributed by atoms with van der Waals surface area (Å²) >= 11 is 4.12. The number of thiol groups is 1. The van der Waals surface area contributed by atoms with E-state index in [9.17, 15) is 0 Å². The van der Waals surface area contributed by atoms with E-state index in [2.05, 4.69) is 12.6 Å². The fourth-order valence-electron chi connectivity index (χ4n) is 0.753. The van der Waals surface area contributed by atoms with Crippen molar-refractivity contribution in [2.45, 2.75) is 11.7 Å². The molecule has 1 nitrogen and oxygen atoms in total. The van der Waals surface area contributed by atoms with Crippen LogP contribution >= 0.6 is 12.6 Å². The zero-order valence-corrected chi connectivity index (χ0v) is 6.68. The molecule has 1 aromatic rings. The van der Waals surface area contributed by atoms with Crippen molar-refractivity contribution >= 4 is 25.0 Å². The van der Waals surface area contributed by atoms with Crippen molar-refractivity contribution in [1.82, 2.24) is 0 Å². The van der Waals surface area contributed by atoms with Gasteiger partial charge in [0.05, 0.1) is 0 Å². The van der Waals surface area contributed by atoms with Crippen molar-refractivity contribution in [2.24, 2.45) is 0 Å². The summed E-state index contributed by atoms with van der Waals surface area (Å²) in [6, 6.07) is 7.47. The third kappa shape index (κ3) is 1.79. The maximum atomic E-state index is 9.09. The second kappa shape index (κ2) is 3.13. The summed E-state index contributed by atoms with van der Waals surface area (Å²) in [6.07, 6.45) is 0. The van der Waals surface area contributed by atoms with E-state index in [1.54, 1.807) is 6.82 Å². The van der Waals surface area contributed by atoms with Crippen LogP contribution < -0.4 is 5.46 Å². The zero-order chi connectivity index (χ0) is 7.56. The molecule has 0 heterocycles. The van der Waals surface area contributed by atoms with Gasteiger partial charge in [-0.1, -0.05) is 19.0 Å². The van der Waals surface area contributed by atoms with Gasteiger partial charge >= 0.3 is 6.92 Å². The molecule has 0 aliphatic carbocycles. The van der Waals surface area contributed by atoms with Gasteiger partial charge in [0.2, 0.25) is 0 Å². The zero-order valence-electron chi connectivity index (χ0n) is 5.78. The highest BCUT2D eigenvalue weighted by atomic mass is 32.1. The van der Waals surface area contributed by atoms with Crippen molar-refractivity contribution in [3.05, 3.63) is 24.3 Å². The third-order valence-corrected chi connectivity index (χ3v) is 1.67. The molecule has 10 heavy (non-hydrogen) atoms. The van der Waals surface area contributed by atoms with Gasteiger partial charge in [-0.15, -0.1) is 12.6 Å². The maximum Gasteiger partial charge on any atom is 0.320 e. The fraction of sp³-hybridized carbons (Fsp3) is 0.143. The van der Waals surface area contributed by atoms with Gasteiger partial charge in [-0.2, -0.15) is 0 Å². The summed E-state index contributed by atoms with van der Waals surface area (Å²) in [5.74, 6) is 0. The van der Waals surface area contributed by atoms with E-state index in [-0.39, 0.29) is 6.92 Å². The summed E-state index contributed by atoms with van der Waals surface area (Å²) in [6.45, 7) is 1.36. The van der Waals surface area contributed by atoms with Crippen LogP contribution in [0.5, 0.6) is 0 Å². The lowest BCUT2D eigenvalue weighted by Gasteiger charge is -1.98. The fourth-order valence-corrected chi connectivity index (χ4v) is 0.902. The first kappa shape index (κ1) is 7.70. The Kier molecular flexibility index (Phi) is 2.41. The molecule has 0 saturated heterocycles. The summed E-state index contributed by atoms with van der Waals surface area (Å²) in [7, 11) is 0. The smallest absolute Gasteiger partial charge is 0.320 e. The van der Waals surface area contributed by atoms with Crippen LogP contribution in [0.25, 0.3) is 0 Å². The van der Waals surface area contributed by atoms with Crippen molar-refractivity contribution in [1.29, 1.82) is 0 Å². The lowest BCUT2D eigenvalue weighted by atomic mass is 9.64. The van der Waals surface area contributed by atoms with Crippen LogP contribution in [0.2, 0.25) is 6.82 Å². The molecule has 1 N–H and O–H groups in total. The van der Waals surface area contributed by atoms with Gasteiger partial charge in [0.15, 0.2) is 0 Å². The molecule has 0 saturated carbocycles. The van der Waals surface area contributed by atoms with E-state index in [4.69, 9.17) is 5.02 Å². The van der Waals surface area contributed by atoms with Gasteiger partial charge in [-0.3, -0.25) is 0 Å². The Hall–Kier alpha value is -0.405. The van der Waals surface area contributed by atoms with Gasteiger partial charge in [0.1, 0.15) is 0 Å². The Balaban J connectivity index is 2.89. The van der Waals surface area contributed by atoms with E-state index in [1.807, 2.05) is 24.3 Å². The number of hydrogen-bond donors (Lipinski definition) is 2. The van der Waals surface area contributed by atoms with Crippen LogP contribution in [0.3, 0.4) is 0 Å². The highest BCUT2D eigenvalue weighted by molar-refractivity contribution is 7.80. The molecule has 1 rings (SSSR count). The maximum absolute atomic E-state index is 9.09. The van der Waals surface area contributed by atoms with Crippen LogP contribution in [-0.4, -0.2) is 11.9 Å². The predicted molar refractivity (Wildman–Crippen MR) is 47.2 cm³/mol. The molecule has 0 fully saturated rings. The second-order valence-corrected chi connectivity index (χ2v) is 2.78. The van der Waals surface area contributed by atoms with Crippen LogP contribution in [0.4, 0.5) is 0 Å². The molecule has 0 spiro atoms. The van der Waals surface area contributed by atoms with Crippen molar-refractivity contribution in [2.75, 3.05) is 0 Å². The van der Waals surface area contributed by atoms with Gasteiger partial charge in [0.25, 0.3) is 0 Å². The van der Waals surface area contributed by atoms with E-state index in [0.717, 1.165) is 10.4 Å². The first-order valence-corrected chi connectivity index (χ1v) is 3.62. The van der Waals surface area contributed by atoms with E-state index in [1.165, 1.54) is 0 Å². The van der Waals surface area contributed by atoms with Gasteiger partial charge < -0.3 is 5.02 Å². The third-order valence-electron chi connectivity index (χ3n) is 1.38. The second-order valence-electron chi connectivity index (χ2n) is 2.27. The van der Waals surface area contributed by atoms with Crippen LogP contribution in [0.1, 0.15) is 0 Å². The van der Waals surface area contributed by atoms with Crippen molar-refractivity contribution < 1.29 is 5.02 Å². The molecule has 0 amide bonds. The van der Waals surface area contributed by atoms with Gasteiger partial charge in [0, 0.05) is 4.90 Å². The minimum atomic E-state index is -0.381. The molecule has 0 radical (unpaired) electrons. The Morgan fingerprint density at radius 3 is 2.20 bits per heavy atom. The SMILES string of the molecule is CB(O)c1ccc(S)cc1. The molecule has 0 aliphatic heterocycles. The molecule has 0 aliphatic rings. The Bertz CT molecular complexity index is 207. The predicted octanol–water partition coefficient (Wildman–Crippen LogP) is 0.796. The molecule has 0 atom stereocenters. The summed E-state index contributed by atoms with van der Waals surface area (Å²) < 4.78 is 0. The monoisotopic (exact) mass is 152 g/mol. The standard InChI is InChI=1S/C7H9BOS/c1-8(9)6-2-4-7(10)5-3-6/h2-5,9-10H,1H3. The summed E-state index contributed by atoms with van der Waals surface area (Å²) in [5.41, 5.74) is 0.929. The highest BCUT2D eigenvalue weighted by Crippen LogP contribution is 2.01. The van der Waals surface area contributed by atoms with Crippen molar-refractivity contribution in [3.63, 3.8) is 0 Å². The average Bonchev–Trinajstić information content (AvgIpc) is 1.88. The largest absolute Gasteiger partial charge is 0.447 e. The number of benzene rings is 1. The van der Waals surface area contributed by atoms with Gasteiger partial charge in [-0.25, -0.2) is 0 Å². The summed E-state index contributed by atoms with van der Waals surface area (Å²) in [4.78, 5) is 0.921. The molecule has 3 heteroatoms.